The van der Waals surface area contributed by atoms with Crippen molar-refractivity contribution in [2.75, 3.05) is 0 Å². The molecule has 0 aromatic heterocycles. The number of benzene rings is 3. The van der Waals surface area contributed by atoms with Crippen molar-refractivity contribution >= 4 is 11.4 Å². The summed E-state index contributed by atoms with van der Waals surface area (Å²) in [5.74, 6) is 2.09. The first-order valence-electron chi connectivity index (χ1n) is 8.74. The second kappa shape index (κ2) is 10.0. The Balaban J connectivity index is 0.00000320. The third kappa shape index (κ3) is 4.87. The number of hydrogen-bond donors (Lipinski definition) is 0. The molecule has 0 heterocycles. The van der Waals surface area contributed by atoms with Crippen molar-refractivity contribution in [2.45, 2.75) is 20.8 Å². The molecule has 0 aliphatic rings. The molecule has 0 aliphatic heterocycles. The third-order valence-corrected chi connectivity index (χ3v) is 4.42. The van der Waals surface area contributed by atoms with Crippen molar-refractivity contribution in [3.63, 3.8) is 0 Å². The Morgan fingerprint density at radius 3 is 2.23 bits per heavy atom. The number of rotatable bonds is 4. The zero-order valence-electron chi connectivity index (χ0n) is 16.8. The van der Waals surface area contributed by atoms with Crippen LogP contribution in [0.15, 0.2) is 42.5 Å². The normalized spacial score (nSPS) is 9.47. The Morgan fingerprint density at radius 2 is 1.57 bits per heavy atom. The summed E-state index contributed by atoms with van der Waals surface area (Å²) in [6.45, 7) is 20.0. The summed E-state index contributed by atoms with van der Waals surface area (Å²) in [6.07, 6.45) is 0. The smallest absolute Gasteiger partial charge is 0.198 e. The van der Waals surface area contributed by atoms with Gasteiger partial charge in [-0.15, -0.1) is 11.6 Å². The molecule has 0 bridgehead atoms. The van der Waals surface area contributed by atoms with Gasteiger partial charge in [0.15, 0.2) is 11.4 Å². The molecular weight excluding hydrogens is 451 g/mol. The van der Waals surface area contributed by atoms with E-state index in [4.69, 9.17) is 22.6 Å². The zero-order chi connectivity index (χ0) is 21.0. The number of ether oxygens (including phenoxy) is 2. The summed E-state index contributed by atoms with van der Waals surface area (Å²) < 4.78 is 12.0. The molecule has 6 heteroatoms. The molecular formula is C24H16N3O2Y-. The fourth-order valence-electron chi connectivity index (χ4n) is 2.78. The number of nitrogens with zero attached hydrogens (tertiary/aromatic N) is 3. The second-order valence-electron chi connectivity index (χ2n) is 6.42. The van der Waals surface area contributed by atoms with Gasteiger partial charge in [-0.1, -0.05) is 31.5 Å². The minimum Gasteiger partial charge on any atom is -0.484 e. The molecule has 0 fully saturated rings. The summed E-state index contributed by atoms with van der Waals surface area (Å²) in [6, 6.07) is 17.1. The van der Waals surface area contributed by atoms with E-state index in [0.717, 1.165) is 16.7 Å². The van der Waals surface area contributed by atoms with Crippen LogP contribution in [-0.4, -0.2) is 0 Å². The van der Waals surface area contributed by atoms with Crippen LogP contribution >= 0.6 is 0 Å². The standard InChI is InChI=1S/C24H16N3O2.Y/c1-15-6-8-19(12-18(15)14-25)28-23-11-7-16(2)24(17(23)3)29-20-9-10-21(26-4)22(13-20)27-5;/h6-10,12-13H,1-3H3;/q-1;. The predicted octanol–water partition coefficient (Wildman–Crippen LogP) is 6.97. The number of nitriles is 1. The van der Waals surface area contributed by atoms with Gasteiger partial charge in [-0.3, -0.25) is 4.85 Å². The minimum absolute atomic E-state index is 0. The van der Waals surface area contributed by atoms with E-state index in [1.165, 1.54) is 0 Å². The molecule has 3 rings (SSSR count). The summed E-state index contributed by atoms with van der Waals surface area (Å²) >= 11 is 0. The average molecular weight is 467 g/mol. The van der Waals surface area contributed by atoms with E-state index in [2.05, 4.69) is 21.8 Å². The number of aryl methyl sites for hydroxylation is 2. The molecule has 0 saturated carbocycles. The topological polar surface area (TPSA) is 51.0 Å². The maximum Gasteiger partial charge on any atom is 0.198 e. The molecule has 0 unspecified atom stereocenters. The van der Waals surface area contributed by atoms with Gasteiger partial charge in [0.1, 0.15) is 11.5 Å². The van der Waals surface area contributed by atoms with Crippen LogP contribution in [0.1, 0.15) is 22.3 Å². The molecule has 0 spiro atoms. The van der Waals surface area contributed by atoms with Crippen LogP contribution in [0, 0.1) is 51.3 Å². The van der Waals surface area contributed by atoms with Crippen molar-refractivity contribution in [1.82, 2.24) is 0 Å². The molecule has 0 aliphatic carbocycles. The molecule has 30 heavy (non-hydrogen) atoms. The van der Waals surface area contributed by atoms with Gasteiger partial charge in [0.05, 0.1) is 24.8 Å². The third-order valence-electron chi connectivity index (χ3n) is 4.42. The molecule has 3 aromatic rings. The van der Waals surface area contributed by atoms with Gasteiger partial charge < -0.3 is 9.47 Å². The van der Waals surface area contributed by atoms with Gasteiger partial charge in [0, 0.05) is 44.2 Å². The van der Waals surface area contributed by atoms with E-state index >= 15 is 0 Å². The summed E-state index contributed by atoms with van der Waals surface area (Å²) in [4.78, 5) is 6.72. The summed E-state index contributed by atoms with van der Waals surface area (Å²) in [7, 11) is 0. The van der Waals surface area contributed by atoms with Gasteiger partial charge in [0.25, 0.3) is 0 Å². The Hall–Kier alpha value is -3.17. The summed E-state index contributed by atoms with van der Waals surface area (Å²) in [5, 5.41) is 9.22. The van der Waals surface area contributed by atoms with Crippen molar-refractivity contribution in [2.24, 2.45) is 0 Å². The fourth-order valence-corrected chi connectivity index (χ4v) is 2.78. The molecule has 0 saturated heterocycles. The van der Waals surface area contributed by atoms with Gasteiger partial charge in [0.2, 0.25) is 0 Å². The van der Waals surface area contributed by atoms with Crippen molar-refractivity contribution in [3.05, 3.63) is 93.6 Å². The SMILES string of the molecule is [C-]#[N+]c1ccc(Oc2c(C)c[c-]c(Oc3ccc(C)c(C#N)c3)c2C)cc1[N+]#[C-].[Y]. The van der Waals surface area contributed by atoms with E-state index in [-0.39, 0.29) is 38.4 Å². The van der Waals surface area contributed by atoms with E-state index in [1.807, 2.05) is 26.8 Å². The maximum absolute atomic E-state index is 9.22. The molecule has 5 nitrogen and oxygen atoms in total. The zero-order valence-corrected chi connectivity index (χ0v) is 19.6. The minimum atomic E-state index is 0. The van der Waals surface area contributed by atoms with E-state index in [9.17, 15) is 5.26 Å². The average Bonchev–Trinajstić information content (AvgIpc) is 2.74. The van der Waals surface area contributed by atoms with Gasteiger partial charge in [-0.05, 0) is 36.8 Å². The van der Waals surface area contributed by atoms with Crippen LogP contribution in [0.2, 0.25) is 0 Å². The van der Waals surface area contributed by atoms with Gasteiger partial charge in [-0.2, -0.15) is 11.3 Å². The monoisotopic (exact) mass is 467 g/mol. The Bertz CT molecular complexity index is 1230. The van der Waals surface area contributed by atoms with E-state index in [1.54, 1.807) is 36.4 Å². The van der Waals surface area contributed by atoms with Crippen molar-refractivity contribution in [1.29, 1.82) is 5.26 Å². The van der Waals surface area contributed by atoms with Crippen LogP contribution < -0.4 is 9.47 Å². The summed E-state index contributed by atoms with van der Waals surface area (Å²) in [5.41, 5.74) is 3.56. The Labute approximate surface area is 201 Å². The van der Waals surface area contributed by atoms with E-state index < -0.39 is 0 Å². The van der Waals surface area contributed by atoms with Crippen LogP contribution in [0.3, 0.4) is 0 Å². The quantitative estimate of drug-likeness (QED) is 0.390. The van der Waals surface area contributed by atoms with Crippen molar-refractivity contribution in [3.8, 4) is 29.1 Å². The van der Waals surface area contributed by atoms with Crippen LogP contribution in [-0.2, 0) is 32.7 Å². The number of hydrogen-bond acceptors (Lipinski definition) is 3. The first-order chi connectivity index (χ1) is 14.0. The van der Waals surface area contributed by atoms with Crippen molar-refractivity contribution < 1.29 is 42.2 Å². The van der Waals surface area contributed by atoms with Crippen LogP contribution in [0.5, 0.6) is 23.0 Å². The largest absolute Gasteiger partial charge is 0.484 e. The van der Waals surface area contributed by atoms with Crippen LogP contribution in [0.4, 0.5) is 11.4 Å². The Morgan fingerprint density at radius 1 is 0.900 bits per heavy atom. The van der Waals surface area contributed by atoms with E-state index in [0.29, 0.717) is 34.2 Å². The van der Waals surface area contributed by atoms with Crippen LogP contribution in [0.25, 0.3) is 9.69 Å². The van der Waals surface area contributed by atoms with Gasteiger partial charge in [-0.25, -0.2) is 4.85 Å². The van der Waals surface area contributed by atoms with Gasteiger partial charge >= 0.3 is 0 Å². The molecule has 0 atom stereocenters. The first kappa shape index (κ1) is 23.1. The maximum atomic E-state index is 9.22. The molecule has 0 N–H and O–H groups in total. The molecule has 1 radical (unpaired) electrons. The second-order valence-corrected chi connectivity index (χ2v) is 6.42. The predicted molar refractivity (Wildman–Crippen MR) is 110 cm³/mol. The fraction of sp³-hybridized carbons (Fsp3) is 0.125. The Kier molecular flexibility index (Phi) is 7.74. The molecule has 3 aromatic carbocycles. The molecule has 143 valence electrons. The first-order valence-corrected chi connectivity index (χ1v) is 8.74. The molecule has 0 amide bonds.